The van der Waals surface area contributed by atoms with Gasteiger partial charge in [0.25, 0.3) is 0 Å². The fraction of sp³-hybridized carbons (Fsp3) is 0.200. The zero-order chi connectivity index (χ0) is 9.97. The molecule has 1 aromatic heterocycles. The Hall–Kier alpha value is -1.11. The molecule has 70 valence electrons. The van der Waals surface area contributed by atoms with Crippen LogP contribution in [0.1, 0.15) is 23.3 Å². The van der Waals surface area contributed by atoms with Crippen molar-refractivity contribution in [3.05, 3.63) is 33.8 Å². The topological polar surface area (TPSA) is 36.7 Å². The summed E-state index contributed by atoms with van der Waals surface area (Å²) in [4.78, 5) is 0.918. The van der Waals surface area contributed by atoms with Crippen LogP contribution >= 0.6 is 23.1 Å². The summed E-state index contributed by atoms with van der Waals surface area (Å²) in [7, 11) is 0. The molecule has 1 heterocycles. The van der Waals surface area contributed by atoms with E-state index < -0.39 is 0 Å². The first-order valence-electron chi connectivity index (χ1n) is 4.24. The van der Waals surface area contributed by atoms with E-state index in [1.54, 1.807) is 0 Å². The number of hydrogen-bond donors (Lipinski definition) is 0. The van der Waals surface area contributed by atoms with Crippen LogP contribution in [0.4, 0.5) is 0 Å². The van der Waals surface area contributed by atoms with Gasteiger partial charge in [0.1, 0.15) is 11.6 Å². The summed E-state index contributed by atoms with van der Waals surface area (Å²) in [6.45, 7) is 0. The molecule has 0 bridgehead atoms. The van der Waals surface area contributed by atoms with Crippen LogP contribution in [-0.4, -0.2) is 4.37 Å². The van der Waals surface area contributed by atoms with Gasteiger partial charge < -0.3 is 0 Å². The average Bonchev–Trinajstić information content (AvgIpc) is 2.61. The number of hydrogen-bond acceptors (Lipinski definition) is 3. The molecule has 0 spiro atoms. The van der Waals surface area contributed by atoms with Crippen LogP contribution in [0, 0.1) is 11.3 Å². The van der Waals surface area contributed by atoms with Crippen LogP contribution in [-0.2, 0) is 0 Å². The normalized spacial score (nSPS) is 15.0. The van der Waals surface area contributed by atoms with Gasteiger partial charge in [0.2, 0.25) is 0 Å². The smallest absolute Gasteiger partial charge is 0.161 e. The standard InChI is InChI=1S/C10H7ClN2S/c11-10-8(6-12)9(14-13-10)7-4-2-1-3-5-7/h1-2,4H,3,5H2. The highest BCUT2D eigenvalue weighted by Crippen LogP contribution is 2.32. The summed E-state index contributed by atoms with van der Waals surface area (Å²) in [5, 5.41) is 9.23. The largest absolute Gasteiger partial charge is 0.192 e. The van der Waals surface area contributed by atoms with E-state index in [0.29, 0.717) is 10.7 Å². The Bertz CT molecular complexity index is 451. The third kappa shape index (κ3) is 1.59. The fourth-order valence-electron chi connectivity index (χ4n) is 1.38. The van der Waals surface area contributed by atoms with Gasteiger partial charge in [-0.1, -0.05) is 29.8 Å². The van der Waals surface area contributed by atoms with Gasteiger partial charge in [0.05, 0.1) is 4.88 Å². The van der Waals surface area contributed by atoms with Crippen LogP contribution in [0.3, 0.4) is 0 Å². The first kappa shape index (κ1) is 9.45. The highest BCUT2D eigenvalue weighted by atomic mass is 35.5. The molecule has 4 heteroatoms. The third-order valence-electron chi connectivity index (χ3n) is 2.07. The molecule has 0 aromatic carbocycles. The maximum absolute atomic E-state index is 8.91. The SMILES string of the molecule is N#Cc1c(Cl)nsc1C1=CC=CCC1. The lowest BCUT2D eigenvalue weighted by molar-refractivity contribution is 1.06. The molecular weight excluding hydrogens is 216 g/mol. The van der Waals surface area contributed by atoms with E-state index in [0.717, 1.165) is 23.3 Å². The summed E-state index contributed by atoms with van der Waals surface area (Å²) in [5.74, 6) is 0. The zero-order valence-corrected chi connectivity index (χ0v) is 8.90. The number of halogens is 1. The van der Waals surface area contributed by atoms with Crippen molar-refractivity contribution >= 4 is 28.7 Å². The molecule has 2 nitrogen and oxygen atoms in total. The van der Waals surface area contributed by atoms with Crippen molar-refractivity contribution in [2.24, 2.45) is 0 Å². The average molecular weight is 223 g/mol. The van der Waals surface area contributed by atoms with Crippen LogP contribution in [0.5, 0.6) is 0 Å². The Balaban J connectivity index is 2.46. The Morgan fingerprint density at radius 3 is 3.07 bits per heavy atom. The van der Waals surface area contributed by atoms with E-state index in [1.165, 1.54) is 11.5 Å². The molecule has 0 radical (unpaired) electrons. The van der Waals surface area contributed by atoms with Crippen molar-refractivity contribution in [3.63, 3.8) is 0 Å². The molecule has 2 rings (SSSR count). The van der Waals surface area contributed by atoms with Crippen molar-refractivity contribution in [1.82, 2.24) is 4.37 Å². The van der Waals surface area contributed by atoms with Crippen LogP contribution in [0.25, 0.3) is 5.57 Å². The summed E-state index contributed by atoms with van der Waals surface area (Å²) in [6.07, 6.45) is 8.12. The zero-order valence-electron chi connectivity index (χ0n) is 7.33. The molecule has 0 amide bonds. The second-order valence-electron chi connectivity index (χ2n) is 2.95. The molecule has 0 aliphatic heterocycles. The minimum Gasteiger partial charge on any atom is -0.192 e. The van der Waals surface area contributed by atoms with Crippen molar-refractivity contribution < 1.29 is 0 Å². The summed E-state index contributed by atoms with van der Waals surface area (Å²) in [5.41, 5.74) is 1.67. The van der Waals surface area contributed by atoms with Crippen LogP contribution < -0.4 is 0 Å². The Morgan fingerprint density at radius 1 is 1.57 bits per heavy atom. The molecule has 1 aromatic rings. The molecule has 1 aliphatic carbocycles. The molecule has 0 N–H and O–H groups in total. The lowest BCUT2D eigenvalue weighted by Crippen LogP contribution is -1.87. The Labute approximate surface area is 91.3 Å². The fourth-order valence-corrected chi connectivity index (χ4v) is 2.46. The minimum atomic E-state index is 0.322. The van der Waals surface area contributed by atoms with E-state index >= 15 is 0 Å². The van der Waals surface area contributed by atoms with Gasteiger partial charge in [-0.2, -0.15) is 9.64 Å². The minimum absolute atomic E-state index is 0.322. The first-order chi connectivity index (χ1) is 6.83. The number of aromatic nitrogens is 1. The van der Waals surface area contributed by atoms with E-state index in [-0.39, 0.29) is 0 Å². The molecule has 1 aliphatic rings. The van der Waals surface area contributed by atoms with E-state index in [1.807, 2.05) is 12.2 Å². The summed E-state index contributed by atoms with van der Waals surface area (Å²) < 4.78 is 3.98. The van der Waals surface area contributed by atoms with Crippen molar-refractivity contribution in [2.75, 3.05) is 0 Å². The number of nitriles is 1. The second-order valence-corrected chi connectivity index (χ2v) is 4.08. The van der Waals surface area contributed by atoms with Gasteiger partial charge in [0, 0.05) is 0 Å². The van der Waals surface area contributed by atoms with Gasteiger partial charge in [-0.25, -0.2) is 0 Å². The van der Waals surface area contributed by atoms with E-state index in [4.69, 9.17) is 16.9 Å². The highest BCUT2D eigenvalue weighted by molar-refractivity contribution is 7.07. The quantitative estimate of drug-likeness (QED) is 0.730. The van der Waals surface area contributed by atoms with Gasteiger partial charge >= 0.3 is 0 Å². The second kappa shape index (κ2) is 3.95. The van der Waals surface area contributed by atoms with Gasteiger partial charge in [0.15, 0.2) is 5.15 Å². The van der Waals surface area contributed by atoms with E-state index in [2.05, 4.69) is 16.5 Å². The predicted molar refractivity (Wildman–Crippen MR) is 58.2 cm³/mol. The van der Waals surface area contributed by atoms with E-state index in [9.17, 15) is 0 Å². The lowest BCUT2D eigenvalue weighted by Gasteiger charge is -2.05. The van der Waals surface area contributed by atoms with Gasteiger partial charge in [-0.15, -0.1) is 0 Å². The lowest BCUT2D eigenvalue weighted by atomic mass is 10.0. The molecule has 0 unspecified atom stereocenters. The molecular formula is C10H7ClN2S. The van der Waals surface area contributed by atoms with Crippen LogP contribution in [0.15, 0.2) is 18.2 Å². The molecule has 0 atom stereocenters. The highest BCUT2D eigenvalue weighted by Gasteiger charge is 2.15. The van der Waals surface area contributed by atoms with Crippen molar-refractivity contribution in [2.45, 2.75) is 12.8 Å². The van der Waals surface area contributed by atoms with Gasteiger partial charge in [-0.05, 0) is 29.9 Å². The number of rotatable bonds is 1. The maximum atomic E-state index is 8.91. The number of nitrogens with zero attached hydrogens (tertiary/aromatic N) is 2. The molecule has 0 saturated carbocycles. The maximum Gasteiger partial charge on any atom is 0.161 e. The molecule has 0 saturated heterocycles. The molecule has 0 fully saturated rings. The summed E-state index contributed by atoms with van der Waals surface area (Å²) >= 11 is 7.10. The third-order valence-corrected chi connectivity index (χ3v) is 3.36. The van der Waals surface area contributed by atoms with Gasteiger partial charge in [-0.3, -0.25) is 0 Å². The first-order valence-corrected chi connectivity index (χ1v) is 5.39. The molecule has 14 heavy (non-hydrogen) atoms. The Kier molecular flexibility index (Phi) is 2.67. The summed E-state index contributed by atoms with van der Waals surface area (Å²) in [6, 6.07) is 2.09. The monoisotopic (exact) mass is 222 g/mol. The van der Waals surface area contributed by atoms with Crippen LogP contribution in [0.2, 0.25) is 5.15 Å². The predicted octanol–water partition coefficient (Wildman–Crippen LogP) is 3.40. The Morgan fingerprint density at radius 2 is 2.43 bits per heavy atom. The number of allylic oxidation sites excluding steroid dienone is 4. The van der Waals surface area contributed by atoms with Crippen molar-refractivity contribution in [1.29, 1.82) is 5.26 Å². The van der Waals surface area contributed by atoms with Crippen molar-refractivity contribution in [3.8, 4) is 6.07 Å².